The van der Waals surface area contributed by atoms with Gasteiger partial charge in [-0.1, -0.05) is 0 Å². The predicted molar refractivity (Wildman–Crippen MR) is 99.9 cm³/mol. The van der Waals surface area contributed by atoms with Crippen molar-refractivity contribution in [2.24, 2.45) is 0 Å². The van der Waals surface area contributed by atoms with Gasteiger partial charge in [-0.25, -0.2) is 13.4 Å². The molecule has 0 spiro atoms. The molecule has 2 aromatic heterocycles. The van der Waals surface area contributed by atoms with Crippen molar-refractivity contribution in [2.45, 2.75) is 17.7 Å². The van der Waals surface area contributed by atoms with E-state index in [2.05, 4.69) is 10.3 Å². The van der Waals surface area contributed by atoms with Gasteiger partial charge in [-0.05, 0) is 42.5 Å². The number of sulfonamides is 1. The maximum Gasteiger partial charge on any atom is 0.267 e. The lowest BCUT2D eigenvalue weighted by Gasteiger charge is -2.15. The molecule has 25 heavy (non-hydrogen) atoms. The van der Waals surface area contributed by atoms with Crippen LogP contribution in [-0.2, 0) is 10.0 Å². The predicted octanol–water partition coefficient (Wildman–Crippen LogP) is 3.39. The smallest absolute Gasteiger partial charge is 0.267 e. The molecule has 0 saturated carbocycles. The van der Waals surface area contributed by atoms with Gasteiger partial charge in [-0.3, -0.25) is 4.79 Å². The Bertz CT molecular complexity index is 1030. The molecule has 1 fully saturated rings. The first kappa shape index (κ1) is 16.6. The highest BCUT2D eigenvalue weighted by molar-refractivity contribution is 7.89. The molecule has 1 N–H and O–H groups in total. The molecule has 1 amide bonds. The number of aromatic nitrogens is 1. The molecular formula is C16H15N3O3S3. The molecule has 130 valence electrons. The number of anilines is 1. The molecule has 3 heterocycles. The molecule has 3 aromatic rings. The number of amides is 1. The summed E-state index contributed by atoms with van der Waals surface area (Å²) in [6.07, 6.45) is 1.72. The van der Waals surface area contributed by atoms with E-state index in [1.807, 2.05) is 6.07 Å². The summed E-state index contributed by atoms with van der Waals surface area (Å²) >= 11 is 2.66. The molecule has 4 rings (SSSR count). The van der Waals surface area contributed by atoms with E-state index in [0.29, 0.717) is 18.8 Å². The zero-order valence-electron chi connectivity index (χ0n) is 13.1. The Morgan fingerprint density at radius 2 is 1.96 bits per heavy atom. The molecule has 0 bridgehead atoms. The van der Waals surface area contributed by atoms with Crippen molar-refractivity contribution in [1.82, 2.24) is 9.29 Å². The molecule has 1 aromatic carbocycles. The number of nitrogens with one attached hydrogen (secondary N) is 1. The summed E-state index contributed by atoms with van der Waals surface area (Å²) in [5.74, 6) is -0.414. The highest BCUT2D eigenvalue weighted by atomic mass is 32.2. The molecule has 0 radical (unpaired) electrons. The van der Waals surface area contributed by atoms with Gasteiger partial charge in [0.15, 0.2) is 0 Å². The molecule has 0 atom stereocenters. The van der Waals surface area contributed by atoms with Gasteiger partial charge in [0.1, 0.15) is 9.77 Å². The zero-order chi connectivity index (χ0) is 17.4. The average Bonchev–Trinajstić information content (AvgIpc) is 3.33. The third-order valence-electron chi connectivity index (χ3n) is 4.11. The fourth-order valence-electron chi connectivity index (χ4n) is 2.86. The van der Waals surface area contributed by atoms with Crippen molar-refractivity contribution in [2.75, 3.05) is 18.4 Å². The van der Waals surface area contributed by atoms with Gasteiger partial charge in [0.2, 0.25) is 10.0 Å². The normalized spacial score (nSPS) is 15.7. The summed E-state index contributed by atoms with van der Waals surface area (Å²) in [5.41, 5.74) is 3.15. The van der Waals surface area contributed by atoms with E-state index in [1.54, 1.807) is 23.0 Å². The molecule has 1 saturated heterocycles. The van der Waals surface area contributed by atoms with E-state index < -0.39 is 15.9 Å². The second-order valence-electron chi connectivity index (χ2n) is 5.71. The van der Waals surface area contributed by atoms with Crippen LogP contribution < -0.4 is 5.32 Å². The maximum absolute atomic E-state index is 12.8. The van der Waals surface area contributed by atoms with Crippen molar-refractivity contribution < 1.29 is 13.2 Å². The second kappa shape index (κ2) is 6.49. The fraction of sp³-hybridized carbons (Fsp3) is 0.250. The van der Waals surface area contributed by atoms with Gasteiger partial charge >= 0.3 is 0 Å². The molecule has 6 nitrogen and oxygen atoms in total. The van der Waals surface area contributed by atoms with E-state index in [-0.39, 0.29) is 9.77 Å². The van der Waals surface area contributed by atoms with Crippen molar-refractivity contribution in [1.29, 1.82) is 0 Å². The number of benzene rings is 1. The number of carbonyl (C=O) groups is 1. The Morgan fingerprint density at radius 3 is 2.76 bits per heavy atom. The fourth-order valence-corrected chi connectivity index (χ4v) is 6.33. The highest BCUT2D eigenvalue weighted by Crippen LogP contribution is 2.29. The Kier molecular flexibility index (Phi) is 4.32. The molecular weight excluding hydrogens is 378 g/mol. The van der Waals surface area contributed by atoms with E-state index in [0.717, 1.165) is 34.4 Å². The average molecular weight is 394 g/mol. The summed E-state index contributed by atoms with van der Waals surface area (Å²) in [7, 11) is -3.62. The Morgan fingerprint density at radius 1 is 1.16 bits per heavy atom. The van der Waals surface area contributed by atoms with Crippen LogP contribution in [0.15, 0.2) is 40.1 Å². The molecule has 0 aliphatic carbocycles. The number of thiazole rings is 1. The largest absolute Gasteiger partial charge is 0.321 e. The minimum atomic E-state index is -3.62. The summed E-state index contributed by atoms with van der Waals surface area (Å²) in [6.45, 7) is 1.03. The van der Waals surface area contributed by atoms with Crippen LogP contribution in [0.3, 0.4) is 0 Å². The van der Waals surface area contributed by atoms with Crippen LogP contribution in [0.25, 0.3) is 10.2 Å². The van der Waals surface area contributed by atoms with Gasteiger partial charge in [0.25, 0.3) is 5.91 Å². The number of hydrogen-bond donors (Lipinski definition) is 1. The molecule has 9 heteroatoms. The minimum absolute atomic E-state index is 0.0895. The van der Waals surface area contributed by atoms with Gasteiger partial charge < -0.3 is 5.32 Å². The molecule has 1 aliphatic heterocycles. The van der Waals surface area contributed by atoms with Crippen molar-refractivity contribution in [3.63, 3.8) is 0 Å². The molecule has 1 aliphatic rings. The SMILES string of the molecule is O=C(Nc1ccc2scnc2c1)c1sccc1S(=O)(=O)N1CCCC1. The van der Waals surface area contributed by atoms with E-state index in [4.69, 9.17) is 0 Å². The van der Waals surface area contributed by atoms with E-state index in [1.165, 1.54) is 21.7 Å². The Balaban J connectivity index is 1.61. The van der Waals surface area contributed by atoms with Crippen LogP contribution >= 0.6 is 22.7 Å². The van der Waals surface area contributed by atoms with Crippen LogP contribution in [0, 0.1) is 0 Å². The number of hydrogen-bond acceptors (Lipinski definition) is 6. The van der Waals surface area contributed by atoms with Crippen LogP contribution in [0.5, 0.6) is 0 Å². The maximum atomic E-state index is 12.8. The topological polar surface area (TPSA) is 79.4 Å². The summed E-state index contributed by atoms with van der Waals surface area (Å²) in [6, 6.07) is 6.97. The quantitative estimate of drug-likeness (QED) is 0.737. The second-order valence-corrected chi connectivity index (χ2v) is 9.42. The van der Waals surface area contributed by atoms with Gasteiger partial charge in [0.05, 0.1) is 15.7 Å². The Labute approximate surface area is 153 Å². The number of carbonyl (C=O) groups excluding carboxylic acids is 1. The van der Waals surface area contributed by atoms with Crippen LogP contribution in [0.1, 0.15) is 22.5 Å². The van der Waals surface area contributed by atoms with Crippen molar-refractivity contribution in [3.8, 4) is 0 Å². The number of nitrogens with zero attached hydrogens (tertiary/aromatic N) is 2. The highest BCUT2D eigenvalue weighted by Gasteiger charge is 2.31. The van der Waals surface area contributed by atoms with E-state index >= 15 is 0 Å². The minimum Gasteiger partial charge on any atom is -0.321 e. The summed E-state index contributed by atoms with van der Waals surface area (Å²) < 4.78 is 28.0. The van der Waals surface area contributed by atoms with Crippen LogP contribution in [0.4, 0.5) is 5.69 Å². The van der Waals surface area contributed by atoms with E-state index in [9.17, 15) is 13.2 Å². The first-order valence-electron chi connectivity index (χ1n) is 7.78. The summed E-state index contributed by atoms with van der Waals surface area (Å²) in [4.78, 5) is 17.2. The zero-order valence-corrected chi connectivity index (χ0v) is 15.6. The van der Waals surface area contributed by atoms with Gasteiger partial charge in [0, 0.05) is 18.8 Å². The van der Waals surface area contributed by atoms with Gasteiger partial charge in [-0.2, -0.15) is 4.31 Å². The molecule has 0 unspecified atom stereocenters. The lowest BCUT2D eigenvalue weighted by Crippen LogP contribution is -2.29. The van der Waals surface area contributed by atoms with Crippen LogP contribution in [-0.4, -0.2) is 36.7 Å². The third-order valence-corrected chi connectivity index (χ3v) is 7.90. The number of fused-ring (bicyclic) bond motifs is 1. The standard InChI is InChI=1S/C16H15N3O3S3/c20-16(18-11-3-4-13-12(9-11)17-10-24-13)15-14(5-8-23-15)25(21,22)19-6-1-2-7-19/h3-5,8-10H,1-2,6-7H2,(H,18,20). The lowest BCUT2D eigenvalue weighted by atomic mass is 10.3. The lowest BCUT2D eigenvalue weighted by molar-refractivity contribution is 0.102. The van der Waals surface area contributed by atoms with Crippen LogP contribution in [0.2, 0.25) is 0 Å². The Hall–Kier alpha value is -1.81. The third kappa shape index (κ3) is 3.08. The summed E-state index contributed by atoms with van der Waals surface area (Å²) in [5, 5.41) is 4.42. The first-order valence-corrected chi connectivity index (χ1v) is 11.0. The van der Waals surface area contributed by atoms with Crippen molar-refractivity contribution >= 4 is 54.5 Å². The van der Waals surface area contributed by atoms with Gasteiger partial charge in [-0.15, -0.1) is 22.7 Å². The first-order chi connectivity index (χ1) is 12.1. The number of thiophene rings is 1. The van der Waals surface area contributed by atoms with Crippen molar-refractivity contribution in [3.05, 3.63) is 40.0 Å². The number of rotatable bonds is 4. The monoisotopic (exact) mass is 393 g/mol.